The summed E-state index contributed by atoms with van der Waals surface area (Å²) in [7, 11) is 0. The normalized spacial score (nSPS) is 34.1. The number of pyridine rings is 1. The predicted octanol–water partition coefficient (Wildman–Crippen LogP) is 3.13. The summed E-state index contributed by atoms with van der Waals surface area (Å²) in [5.41, 5.74) is 0.262. The van der Waals surface area contributed by atoms with Crippen molar-refractivity contribution in [3.05, 3.63) is 33.7 Å². The van der Waals surface area contributed by atoms with Gasteiger partial charge in [-0.3, -0.25) is 9.59 Å². The van der Waals surface area contributed by atoms with E-state index in [0.29, 0.717) is 18.0 Å². The highest BCUT2D eigenvalue weighted by molar-refractivity contribution is 5.84. The fourth-order valence-electron chi connectivity index (χ4n) is 5.27. The van der Waals surface area contributed by atoms with E-state index in [1.165, 1.54) is 25.5 Å². The van der Waals surface area contributed by atoms with Crippen molar-refractivity contribution < 1.29 is 4.79 Å². The number of amides is 1. The molecule has 5 heteroatoms. The van der Waals surface area contributed by atoms with Gasteiger partial charge in [-0.25, -0.2) is 0 Å². The number of fused-ring (bicyclic) bond motifs is 3. The summed E-state index contributed by atoms with van der Waals surface area (Å²) in [6, 6.07) is 1.76. The Labute approximate surface area is 148 Å². The molecule has 5 nitrogen and oxygen atoms in total. The molecule has 0 radical (unpaired) electrons. The van der Waals surface area contributed by atoms with Crippen LogP contribution in [-0.4, -0.2) is 22.3 Å². The third-order valence-corrected chi connectivity index (χ3v) is 6.77. The first-order valence-corrected chi connectivity index (χ1v) is 9.46. The zero-order chi connectivity index (χ0) is 17.6. The fourth-order valence-corrected chi connectivity index (χ4v) is 5.27. The van der Waals surface area contributed by atoms with Crippen LogP contribution in [0, 0.1) is 28.6 Å². The molecule has 1 aromatic heterocycles. The lowest BCUT2D eigenvalue weighted by atomic mass is 9.60. The van der Waals surface area contributed by atoms with Crippen molar-refractivity contribution in [2.24, 2.45) is 17.3 Å². The minimum absolute atomic E-state index is 0.126. The third kappa shape index (κ3) is 2.59. The molecule has 2 atom stereocenters. The number of hydrogen-bond acceptors (Lipinski definition) is 3. The molecule has 0 unspecified atom stereocenters. The van der Waals surface area contributed by atoms with Crippen LogP contribution in [0.25, 0.3) is 0 Å². The van der Waals surface area contributed by atoms with Gasteiger partial charge in [0.15, 0.2) is 0 Å². The number of rotatable bonds is 2. The molecule has 0 aromatic carbocycles. The summed E-state index contributed by atoms with van der Waals surface area (Å²) in [6.45, 7) is 2.85. The Bertz CT molecular complexity index is 769. The third-order valence-electron chi connectivity index (χ3n) is 6.77. The molecule has 1 saturated heterocycles. The van der Waals surface area contributed by atoms with E-state index in [1.807, 2.05) is 11.0 Å². The lowest BCUT2D eigenvalue weighted by Gasteiger charge is -2.47. The minimum Gasteiger partial charge on any atom is -0.366 e. The van der Waals surface area contributed by atoms with E-state index in [2.05, 4.69) is 11.9 Å². The monoisotopic (exact) mass is 339 g/mol. The quantitative estimate of drug-likeness (QED) is 0.899. The van der Waals surface area contributed by atoms with E-state index in [1.54, 1.807) is 6.20 Å². The van der Waals surface area contributed by atoms with Crippen LogP contribution < -0.4 is 5.43 Å². The molecule has 2 heterocycles. The molecule has 1 aromatic rings. The van der Waals surface area contributed by atoms with Gasteiger partial charge < -0.3 is 9.88 Å². The molecule has 25 heavy (non-hydrogen) atoms. The Morgan fingerprint density at radius 1 is 1.28 bits per heavy atom. The van der Waals surface area contributed by atoms with Gasteiger partial charge in [0.25, 0.3) is 0 Å². The maximum absolute atomic E-state index is 13.5. The molecule has 2 bridgehead atoms. The summed E-state index contributed by atoms with van der Waals surface area (Å²) in [5.74, 6) is 1.44. The van der Waals surface area contributed by atoms with Crippen molar-refractivity contribution in [1.29, 1.82) is 5.26 Å². The Morgan fingerprint density at radius 3 is 2.60 bits per heavy atom. The Hall–Kier alpha value is -2.09. The van der Waals surface area contributed by atoms with Crippen molar-refractivity contribution in [2.45, 2.75) is 57.9 Å². The number of nitrogens with zero attached hydrogens (tertiary/aromatic N) is 2. The number of likely N-dealkylation sites (tertiary alicyclic amines) is 1. The number of hydrogen-bond donors (Lipinski definition) is 1. The summed E-state index contributed by atoms with van der Waals surface area (Å²) >= 11 is 0. The Morgan fingerprint density at radius 2 is 1.96 bits per heavy atom. The van der Waals surface area contributed by atoms with E-state index in [-0.39, 0.29) is 28.4 Å². The maximum atomic E-state index is 13.5. The Balaban J connectivity index is 1.68. The molecule has 1 aliphatic heterocycles. The lowest BCUT2D eigenvalue weighted by molar-refractivity contribution is -0.149. The second-order valence-corrected chi connectivity index (χ2v) is 8.34. The molecular formula is C20H25N3O2. The number of aromatic nitrogens is 1. The van der Waals surface area contributed by atoms with Gasteiger partial charge in [-0.2, -0.15) is 5.26 Å². The van der Waals surface area contributed by atoms with E-state index in [4.69, 9.17) is 5.26 Å². The average molecular weight is 339 g/mol. The highest BCUT2D eigenvalue weighted by Gasteiger charge is 2.50. The van der Waals surface area contributed by atoms with E-state index < -0.39 is 0 Å². The first-order chi connectivity index (χ1) is 12.0. The van der Waals surface area contributed by atoms with Gasteiger partial charge in [0.1, 0.15) is 11.6 Å². The summed E-state index contributed by atoms with van der Waals surface area (Å²) in [5, 5.41) is 9.15. The molecule has 3 aliphatic carbocycles. The highest BCUT2D eigenvalue weighted by Crippen LogP contribution is 2.52. The van der Waals surface area contributed by atoms with Crippen LogP contribution >= 0.6 is 0 Å². The second kappa shape index (κ2) is 6.01. The SMILES string of the molecule is C[C@@H]1C[C@@H](c2c[nH]cc(C#N)c2=O)N(C(=O)C23CCC(CC2)CC3)C1. The lowest BCUT2D eigenvalue weighted by Crippen LogP contribution is -2.49. The van der Waals surface area contributed by atoms with Gasteiger partial charge >= 0.3 is 0 Å². The van der Waals surface area contributed by atoms with Crippen LogP contribution in [0.3, 0.4) is 0 Å². The molecular weight excluding hydrogens is 314 g/mol. The number of nitrogens with one attached hydrogen (secondary N) is 1. The number of H-pyrrole nitrogens is 1. The summed E-state index contributed by atoms with van der Waals surface area (Å²) in [4.78, 5) is 31.0. The smallest absolute Gasteiger partial charge is 0.229 e. The van der Waals surface area contributed by atoms with E-state index in [0.717, 1.165) is 31.6 Å². The van der Waals surface area contributed by atoms with Crippen LogP contribution in [0.5, 0.6) is 0 Å². The summed E-state index contributed by atoms with van der Waals surface area (Å²) < 4.78 is 0. The standard InChI is InChI=1S/C20H25N3O2/c1-13-8-17(16-11-22-10-15(9-21)18(16)24)23(12-13)19(25)20-5-2-14(3-6-20)4-7-20/h10-11,13-14,17H,2-8,12H2,1H3,(H,22,24)/t13-,14?,17+,20?/m1/s1. The van der Waals surface area contributed by atoms with Crippen LogP contribution in [-0.2, 0) is 4.79 Å². The van der Waals surface area contributed by atoms with Gasteiger partial charge in [-0.15, -0.1) is 0 Å². The molecule has 1 amide bonds. The number of carbonyl (C=O) groups excluding carboxylic acids is 1. The van der Waals surface area contributed by atoms with Crippen molar-refractivity contribution in [3.63, 3.8) is 0 Å². The zero-order valence-electron chi connectivity index (χ0n) is 14.8. The molecule has 1 N–H and O–H groups in total. The fraction of sp³-hybridized carbons (Fsp3) is 0.650. The van der Waals surface area contributed by atoms with Gasteiger partial charge in [0.2, 0.25) is 11.3 Å². The maximum Gasteiger partial charge on any atom is 0.229 e. The van der Waals surface area contributed by atoms with Crippen LogP contribution in [0.2, 0.25) is 0 Å². The van der Waals surface area contributed by atoms with Gasteiger partial charge in [0.05, 0.1) is 6.04 Å². The molecule has 4 aliphatic rings. The predicted molar refractivity (Wildman–Crippen MR) is 93.6 cm³/mol. The largest absolute Gasteiger partial charge is 0.366 e. The van der Waals surface area contributed by atoms with Gasteiger partial charge in [-0.1, -0.05) is 6.92 Å². The van der Waals surface area contributed by atoms with Crippen LogP contribution in [0.15, 0.2) is 17.2 Å². The van der Waals surface area contributed by atoms with E-state index >= 15 is 0 Å². The first-order valence-electron chi connectivity index (χ1n) is 9.46. The van der Waals surface area contributed by atoms with Crippen molar-refractivity contribution in [3.8, 4) is 6.07 Å². The Kier molecular flexibility index (Phi) is 3.94. The zero-order valence-corrected chi connectivity index (χ0v) is 14.8. The van der Waals surface area contributed by atoms with Crippen molar-refractivity contribution >= 4 is 5.91 Å². The highest BCUT2D eigenvalue weighted by atomic mass is 16.2. The topological polar surface area (TPSA) is 77.0 Å². The molecule has 4 fully saturated rings. The number of nitriles is 1. The van der Waals surface area contributed by atoms with Gasteiger partial charge in [0, 0.05) is 29.9 Å². The van der Waals surface area contributed by atoms with E-state index in [9.17, 15) is 9.59 Å². The van der Waals surface area contributed by atoms with Crippen molar-refractivity contribution in [2.75, 3.05) is 6.54 Å². The van der Waals surface area contributed by atoms with Gasteiger partial charge in [-0.05, 0) is 56.8 Å². The molecule has 132 valence electrons. The minimum atomic E-state index is -0.233. The van der Waals surface area contributed by atoms with Crippen LogP contribution in [0.1, 0.15) is 69.0 Å². The molecule has 0 spiro atoms. The number of carbonyl (C=O) groups is 1. The van der Waals surface area contributed by atoms with Crippen LogP contribution in [0.4, 0.5) is 0 Å². The molecule has 3 saturated carbocycles. The van der Waals surface area contributed by atoms with Crippen molar-refractivity contribution in [1.82, 2.24) is 9.88 Å². The second-order valence-electron chi connectivity index (χ2n) is 8.34. The summed E-state index contributed by atoms with van der Waals surface area (Å²) in [6.07, 6.45) is 10.4. The number of aromatic amines is 1. The average Bonchev–Trinajstić information content (AvgIpc) is 3.04. The molecule has 5 rings (SSSR count). The first kappa shape index (κ1) is 16.4.